The Bertz CT molecular complexity index is 641. The Labute approximate surface area is 117 Å². The van der Waals surface area contributed by atoms with Crippen molar-refractivity contribution in [1.29, 1.82) is 0 Å². The number of ether oxygens (including phenoxy) is 1. The highest BCUT2D eigenvalue weighted by molar-refractivity contribution is 5.94. The predicted molar refractivity (Wildman–Crippen MR) is 75.7 cm³/mol. The minimum absolute atomic E-state index is 0.220. The highest BCUT2D eigenvalue weighted by atomic mass is 16.6. The lowest BCUT2D eigenvalue weighted by Gasteiger charge is -2.19. The van der Waals surface area contributed by atoms with Crippen LogP contribution in [0.1, 0.15) is 36.7 Å². The van der Waals surface area contributed by atoms with E-state index in [2.05, 4.69) is 10.1 Å². The second-order valence-electron chi connectivity index (χ2n) is 5.55. The van der Waals surface area contributed by atoms with Gasteiger partial charge in [0.2, 0.25) is 0 Å². The first-order valence-corrected chi connectivity index (χ1v) is 6.28. The lowest BCUT2D eigenvalue weighted by Crippen LogP contribution is -2.24. The molecule has 0 amide bonds. The smallest absolute Gasteiger partial charge is 0.344 e. The van der Waals surface area contributed by atoms with Crippen molar-refractivity contribution in [1.82, 2.24) is 14.8 Å². The molecular weight excluding hydrogens is 256 g/mol. The third-order valence-corrected chi connectivity index (χ3v) is 2.54. The van der Waals surface area contributed by atoms with Gasteiger partial charge in [0.1, 0.15) is 17.0 Å². The van der Waals surface area contributed by atoms with E-state index in [0.717, 1.165) is 5.56 Å². The number of anilines is 1. The highest BCUT2D eigenvalue weighted by Gasteiger charge is 2.23. The minimum Gasteiger partial charge on any atom is -0.456 e. The Morgan fingerprint density at radius 1 is 1.40 bits per heavy atom. The highest BCUT2D eigenvalue weighted by Crippen LogP contribution is 2.19. The largest absolute Gasteiger partial charge is 0.456 e. The van der Waals surface area contributed by atoms with Gasteiger partial charge < -0.3 is 10.5 Å². The van der Waals surface area contributed by atoms with Gasteiger partial charge in [0.15, 0.2) is 5.82 Å². The number of nitrogen functional groups attached to an aromatic ring is 1. The molecule has 0 aliphatic heterocycles. The lowest BCUT2D eigenvalue weighted by molar-refractivity contribution is 0.00708. The lowest BCUT2D eigenvalue weighted by atomic mass is 10.2. The van der Waals surface area contributed by atoms with Crippen molar-refractivity contribution in [2.45, 2.75) is 33.3 Å². The van der Waals surface area contributed by atoms with E-state index >= 15 is 0 Å². The molecule has 0 radical (unpaired) electrons. The molecule has 2 N–H and O–H groups in total. The van der Waals surface area contributed by atoms with Gasteiger partial charge in [-0.1, -0.05) is 0 Å². The summed E-state index contributed by atoms with van der Waals surface area (Å²) >= 11 is 0. The molecule has 0 aliphatic rings. The third kappa shape index (κ3) is 2.96. The normalized spacial score (nSPS) is 11.4. The topological polar surface area (TPSA) is 83.0 Å². The van der Waals surface area contributed by atoms with Crippen LogP contribution in [0, 0.1) is 6.92 Å². The molecular formula is C14H18N4O2. The number of pyridine rings is 1. The van der Waals surface area contributed by atoms with Crippen LogP contribution in [0.15, 0.2) is 24.5 Å². The van der Waals surface area contributed by atoms with Gasteiger partial charge in [0.25, 0.3) is 0 Å². The zero-order valence-corrected chi connectivity index (χ0v) is 12.0. The quantitative estimate of drug-likeness (QED) is 0.848. The Kier molecular flexibility index (Phi) is 3.48. The van der Waals surface area contributed by atoms with Gasteiger partial charge >= 0.3 is 5.97 Å². The second-order valence-corrected chi connectivity index (χ2v) is 5.55. The molecule has 0 fully saturated rings. The van der Waals surface area contributed by atoms with E-state index in [1.807, 2.05) is 19.1 Å². The zero-order chi connectivity index (χ0) is 14.9. The average Bonchev–Trinajstić information content (AvgIpc) is 2.69. The van der Waals surface area contributed by atoms with E-state index in [4.69, 9.17) is 10.5 Å². The van der Waals surface area contributed by atoms with Gasteiger partial charge in [-0.05, 0) is 45.4 Å². The summed E-state index contributed by atoms with van der Waals surface area (Å²) in [6.07, 6.45) is 3.06. The van der Waals surface area contributed by atoms with Crippen molar-refractivity contribution < 1.29 is 9.53 Å². The van der Waals surface area contributed by atoms with Crippen LogP contribution >= 0.6 is 0 Å². The molecule has 0 atom stereocenters. The summed E-state index contributed by atoms with van der Waals surface area (Å²) in [5.74, 6) is 0.295. The number of nitrogens with two attached hydrogens (primary N) is 1. The number of hydrogen-bond acceptors (Lipinski definition) is 5. The fraction of sp³-hybridized carbons (Fsp3) is 0.357. The van der Waals surface area contributed by atoms with E-state index in [9.17, 15) is 4.79 Å². The van der Waals surface area contributed by atoms with Crippen LogP contribution in [0.2, 0.25) is 0 Å². The number of aromatic nitrogens is 3. The van der Waals surface area contributed by atoms with Crippen LogP contribution < -0.4 is 5.73 Å². The van der Waals surface area contributed by atoms with Crippen molar-refractivity contribution in [3.63, 3.8) is 0 Å². The zero-order valence-electron chi connectivity index (χ0n) is 12.0. The van der Waals surface area contributed by atoms with Gasteiger partial charge in [-0.2, -0.15) is 9.78 Å². The summed E-state index contributed by atoms with van der Waals surface area (Å²) in [7, 11) is 0. The van der Waals surface area contributed by atoms with Crippen LogP contribution in [0.3, 0.4) is 0 Å². The minimum atomic E-state index is -0.576. The van der Waals surface area contributed by atoms with Crippen molar-refractivity contribution in [2.24, 2.45) is 0 Å². The van der Waals surface area contributed by atoms with Gasteiger partial charge in [0.05, 0.1) is 6.20 Å². The number of aryl methyl sites for hydroxylation is 1. The first-order valence-electron chi connectivity index (χ1n) is 6.28. The monoisotopic (exact) mass is 274 g/mol. The summed E-state index contributed by atoms with van der Waals surface area (Å²) in [6, 6.07) is 3.71. The standard InChI is InChI=1S/C14H18N4O2/c1-9-5-6-16-11(7-9)18-12(15)10(8-17-18)13(19)20-14(2,3)4/h5-8H,15H2,1-4H3. The van der Waals surface area contributed by atoms with Crippen molar-refractivity contribution in [2.75, 3.05) is 5.73 Å². The number of rotatable bonds is 2. The molecule has 0 saturated carbocycles. The second kappa shape index (κ2) is 4.96. The fourth-order valence-corrected chi connectivity index (χ4v) is 1.67. The summed E-state index contributed by atoms with van der Waals surface area (Å²) in [4.78, 5) is 16.2. The maximum absolute atomic E-state index is 12.0. The first-order chi connectivity index (χ1) is 9.28. The van der Waals surface area contributed by atoms with E-state index in [0.29, 0.717) is 5.82 Å². The maximum Gasteiger partial charge on any atom is 0.344 e. The number of esters is 1. The van der Waals surface area contributed by atoms with Crippen molar-refractivity contribution >= 4 is 11.8 Å². The van der Waals surface area contributed by atoms with Gasteiger partial charge in [0, 0.05) is 6.20 Å². The number of nitrogens with zero attached hydrogens (tertiary/aromatic N) is 3. The molecule has 106 valence electrons. The molecule has 2 aromatic heterocycles. The van der Waals surface area contributed by atoms with Gasteiger partial charge in [-0.15, -0.1) is 0 Å². The Morgan fingerprint density at radius 2 is 2.10 bits per heavy atom. The molecule has 2 aromatic rings. The SMILES string of the molecule is Cc1ccnc(-n2ncc(C(=O)OC(C)(C)C)c2N)c1. The van der Waals surface area contributed by atoms with Crippen LogP contribution in [0.5, 0.6) is 0 Å². The number of carbonyl (C=O) groups is 1. The predicted octanol–water partition coefficient (Wildman–Crippen LogP) is 2.11. The van der Waals surface area contributed by atoms with Crippen LogP contribution in [-0.2, 0) is 4.74 Å². The van der Waals surface area contributed by atoms with Crippen LogP contribution in [0.25, 0.3) is 5.82 Å². The van der Waals surface area contributed by atoms with Crippen molar-refractivity contribution in [3.8, 4) is 5.82 Å². The molecule has 0 spiro atoms. The molecule has 2 rings (SSSR count). The molecule has 2 heterocycles. The molecule has 0 unspecified atom stereocenters. The molecule has 6 heteroatoms. The number of carbonyl (C=O) groups excluding carboxylic acids is 1. The Balaban J connectivity index is 2.34. The van der Waals surface area contributed by atoms with Crippen LogP contribution in [0.4, 0.5) is 5.82 Å². The maximum atomic E-state index is 12.0. The molecule has 0 aliphatic carbocycles. The van der Waals surface area contributed by atoms with E-state index in [1.54, 1.807) is 27.0 Å². The number of hydrogen-bond donors (Lipinski definition) is 1. The van der Waals surface area contributed by atoms with Crippen LogP contribution in [-0.4, -0.2) is 26.3 Å². The van der Waals surface area contributed by atoms with E-state index in [1.165, 1.54) is 10.9 Å². The summed E-state index contributed by atoms with van der Waals surface area (Å²) < 4.78 is 6.71. The van der Waals surface area contributed by atoms with E-state index in [-0.39, 0.29) is 11.4 Å². The molecule has 0 saturated heterocycles. The molecule has 20 heavy (non-hydrogen) atoms. The fourth-order valence-electron chi connectivity index (χ4n) is 1.67. The Morgan fingerprint density at radius 3 is 2.70 bits per heavy atom. The first kappa shape index (κ1) is 14.0. The summed E-state index contributed by atoms with van der Waals surface area (Å²) in [5, 5.41) is 4.11. The van der Waals surface area contributed by atoms with Gasteiger partial charge in [-0.25, -0.2) is 9.78 Å². The molecule has 0 bridgehead atoms. The molecule has 6 nitrogen and oxygen atoms in total. The van der Waals surface area contributed by atoms with E-state index < -0.39 is 11.6 Å². The summed E-state index contributed by atoms with van der Waals surface area (Å²) in [6.45, 7) is 7.34. The summed E-state index contributed by atoms with van der Waals surface area (Å²) in [5.41, 5.74) is 6.66. The average molecular weight is 274 g/mol. The van der Waals surface area contributed by atoms with Gasteiger partial charge in [-0.3, -0.25) is 0 Å². The Hall–Kier alpha value is -2.37. The molecule has 0 aromatic carbocycles. The third-order valence-electron chi connectivity index (χ3n) is 2.54. The van der Waals surface area contributed by atoms with Crippen molar-refractivity contribution in [3.05, 3.63) is 35.7 Å².